The normalized spacial score (nSPS) is 15.8. The highest BCUT2D eigenvalue weighted by molar-refractivity contribution is 6.18. The molecule has 3 N–H and O–H groups in total. The molecule has 5 nitrogen and oxygen atoms in total. The lowest BCUT2D eigenvalue weighted by atomic mass is 9.87. The van der Waals surface area contributed by atoms with Gasteiger partial charge < -0.3 is 10.8 Å². The average Bonchev–Trinajstić information content (AvgIpc) is 2.27. The molecule has 0 aliphatic heterocycles. The molecule has 1 atom stereocenters. The fourth-order valence-electron chi connectivity index (χ4n) is 1.85. The zero-order chi connectivity index (χ0) is 12.6. The van der Waals surface area contributed by atoms with Gasteiger partial charge in [-0.3, -0.25) is 14.4 Å². The van der Waals surface area contributed by atoms with Crippen LogP contribution in [0.3, 0.4) is 0 Å². The van der Waals surface area contributed by atoms with E-state index in [2.05, 4.69) is 0 Å². The predicted molar refractivity (Wildman–Crippen MR) is 59.0 cm³/mol. The fraction of sp³-hybridized carbons (Fsp3) is 0.250. The molecule has 0 radical (unpaired) electrons. The van der Waals surface area contributed by atoms with Crippen LogP contribution in [0, 0.1) is 0 Å². The standard InChI is InChI=1S/C12H11NO4/c13-9(12(16)17)4-6-1-2-7-3-8(6)11(15)5-10(7)14/h1-3,9H,4-5,13H2,(H,16,17). The van der Waals surface area contributed by atoms with Gasteiger partial charge in [-0.15, -0.1) is 0 Å². The van der Waals surface area contributed by atoms with Gasteiger partial charge in [0.25, 0.3) is 0 Å². The summed E-state index contributed by atoms with van der Waals surface area (Å²) in [6, 6.07) is 3.67. The molecule has 0 saturated heterocycles. The molecule has 1 aromatic rings. The third kappa shape index (κ3) is 2.09. The van der Waals surface area contributed by atoms with Crippen LogP contribution < -0.4 is 5.73 Å². The average molecular weight is 233 g/mol. The van der Waals surface area contributed by atoms with Gasteiger partial charge in [0.1, 0.15) is 6.04 Å². The third-order valence-electron chi connectivity index (χ3n) is 2.81. The van der Waals surface area contributed by atoms with Crippen molar-refractivity contribution in [1.82, 2.24) is 0 Å². The summed E-state index contributed by atoms with van der Waals surface area (Å²) in [5, 5.41) is 8.72. The largest absolute Gasteiger partial charge is 0.480 e. The second-order valence-corrected chi connectivity index (χ2v) is 4.04. The van der Waals surface area contributed by atoms with Gasteiger partial charge in [0.2, 0.25) is 0 Å². The first-order chi connectivity index (χ1) is 7.99. The first-order valence-electron chi connectivity index (χ1n) is 5.16. The molecule has 17 heavy (non-hydrogen) atoms. The summed E-state index contributed by atoms with van der Waals surface area (Å²) >= 11 is 0. The minimum atomic E-state index is -1.11. The lowest BCUT2D eigenvalue weighted by Crippen LogP contribution is -2.33. The molecule has 1 unspecified atom stereocenters. The number of carbonyl (C=O) groups excluding carboxylic acids is 2. The zero-order valence-electron chi connectivity index (χ0n) is 8.97. The van der Waals surface area contributed by atoms with E-state index in [1.165, 1.54) is 6.07 Å². The highest BCUT2D eigenvalue weighted by Crippen LogP contribution is 2.22. The van der Waals surface area contributed by atoms with Gasteiger partial charge in [-0.1, -0.05) is 12.1 Å². The number of ketones is 2. The number of carbonyl (C=O) groups is 3. The SMILES string of the molecule is NC(Cc1ccc2cc1C(=O)CC2=O)C(=O)O. The van der Waals surface area contributed by atoms with E-state index in [9.17, 15) is 14.4 Å². The third-order valence-corrected chi connectivity index (χ3v) is 2.81. The van der Waals surface area contributed by atoms with Gasteiger partial charge in [-0.2, -0.15) is 0 Å². The number of benzene rings is 1. The Balaban J connectivity index is 2.35. The van der Waals surface area contributed by atoms with Crippen molar-refractivity contribution in [3.8, 4) is 0 Å². The molecule has 0 aromatic heterocycles. The Morgan fingerprint density at radius 1 is 1.35 bits per heavy atom. The van der Waals surface area contributed by atoms with Crippen molar-refractivity contribution in [3.05, 3.63) is 34.9 Å². The van der Waals surface area contributed by atoms with Crippen LogP contribution in [0.2, 0.25) is 0 Å². The smallest absolute Gasteiger partial charge is 0.320 e. The van der Waals surface area contributed by atoms with Crippen LogP contribution in [0.4, 0.5) is 0 Å². The van der Waals surface area contributed by atoms with Crippen molar-refractivity contribution < 1.29 is 19.5 Å². The van der Waals surface area contributed by atoms with Crippen LogP contribution in [-0.4, -0.2) is 28.7 Å². The Kier molecular flexibility index (Phi) is 2.77. The van der Waals surface area contributed by atoms with E-state index in [-0.39, 0.29) is 24.4 Å². The van der Waals surface area contributed by atoms with Gasteiger partial charge in [0.05, 0.1) is 6.42 Å². The number of aliphatic carboxylic acids is 1. The summed E-state index contributed by atoms with van der Waals surface area (Å²) in [4.78, 5) is 33.7. The number of Topliss-reactive ketones (excluding diaryl/α,β-unsaturated/α-hetero) is 2. The molecule has 0 heterocycles. The summed E-state index contributed by atoms with van der Waals surface area (Å²) < 4.78 is 0. The first-order valence-corrected chi connectivity index (χ1v) is 5.16. The number of hydrogen-bond acceptors (Lipinski definition) is 4. The van der Waals surface area contributed by atoms with E-state index in [4.69, 9.17) is 10.8 Å². The summed E-state index contributed by atoms with van der Waals surface area (Å²) in [5.41, 5.74) is 6.92. The molecular weight excluding hydrogens is 222 g/mol. The number of carboxylic acid groups (broad SMARTS) is 1. The van der Waals surface area contributed by atoms with Crippen LogP contribution in [0.25, 0.3) is 0 Å². The minimum Gasteiger partial charge on any atom is -0.480 e. The van der Waals surface area contributed by atoms with Crippen LogP contribution in [-0.2, 0) is 11.2 Å². The Labute approximate surface area is 97.2 Å². The monoisotopic (exact) mass is 233 g/mol. The first kappa shape index (κ1) is 11.5. The fourth-order valence-corrected chi connectivity index (χ4v) is 1.85. The van der Waals surface area contributed by atoms with Crippen molar-refractivity contribution >= 4 is 17.5 Å². The molecular formula is C12H11NO4. The minimum absolute atomic E-state index is 0.0882. The second-order valence-electron chi connectivity index (χ2n) is 4.04. The van der Waals surface area contributed by atoms with Crippen molar-refractivity contribution in [2.45, 2.75) is 18.9 Å². The zero-order valence-corrected chi connectivity index (χ0v) is 8.97. The van der Waals surface area contributed by atoms with Crippen LogP contribution in [0.1, 0.15) is 32.7 Å². The molecule has 0 fully saturated rings. The molecule has 1 aliphatic rings. The molecule has 2 rings (SSSR count). The molecule has 5 heteroatoms. The van der Waals surface area contributed by atoms with Crippen molar-refractivity contribution in [2.24, 2.45) is 5.73 Å². The van der Waals surface area contributed by atoms with Gasteiger partial charge in [0.15, 0.2) is 11.6 Å². The maximum absolute atomic E-state index is 11.6. The van der Waals surface area contributed by atoms with Gasteiger partial charge >= 0.3 is 5.97 Å². The summed E-state index contributed by atoms with van der Waals surface area (Å²) in [6.45, 7) is 0. The maximum atomic E-state index is 11.6. The molecule has 1 aliphatic carbocycles. The number of carboxylic acids is 1. The Hall–Kier alpha value is -2.01. The lowest BCUT2D eigenvalue weighted by Gasteiger charge is -2.16. The predicted octanol–water partition coefficient (Wildman–Crippen LogP) is 0.410. The number of nitrogens with two attached hydrogens (primary N) is 1. The molecule has 1 aromatic carbocycles. The van der Waals surface area contributed by atoms with E-state index >= 15 is 0 Å². The molecule has 0 spiro atoms. The van der Waals surface area contributed by atoms with Crippen molar-refractivity contribution in [1.29, 1.82) is 0 Å². The van der Waals surface area contributed by atoms with E-state index in [1.807, 2.05) is 0 Å². The quantitative estimate of drug-likeness (QED) is 0.737. The van der Waals surface area contributed by atoms with E-state index in [0.29, 0.717) is 16.7 Å². The summed E-state index contributed by atoms with van der Waals surface area (Å²) in [6.07, 6.45) is -0.0534. The number of hydrogen-bond donors (Lipinski definition) is 2. The van der Waals surface area contributed by atoms with Crippen molar-refractivity contribution in [2.75, 3.05) is 0 Å². The number of fused-ring (bicyclic) bond motifs is 2. The van der Waals surface area contributed by atoms with Gasteiger partial charge in [0, 0.05) is 11.1 Å². The number of rotatable bonds is 3. The van der Waals surface area contributed by atoms with E-state index < -0.39 is 12.0 Å². The van der Waals surface area contributed by atoms with E-state index in [1.54, 1.807) is 12.1 Å². The lowest BCUT2D eigenvalue weighted by molar-refractivity contribution is -0.138. The van der Waals surface area contributed by atoms with Crippen molar-refractivity contribution in [3.63, 3.8) is 0 Å². The van der Waals surface area contributed by atoms with Gasteiger partial charge in [-0.25, -0.2) is 0 Å². The van der Waals surface area contributed by atoms with Gasteiger partial charge in [-0.05, 0) is 18.1 Å². The van der Waals surface area contributed by atoms with Crippen LogP contribution in [0.15, 0.2) is 18.2 Å². The van der Waals surface area contributed by atoms with E-state index in [0.717, 1.165) is 0 Å². The Bertz CT molecular complexity index is 521. The molecule has 0 amide bonds. The summed E-state index contributed by atoms with van der Waals surface area (Å²) in [5.74, 6) is -1.58. The Morgan fingerprint density at radius 2 is 2.06 bits per heavy atom. The summed E-state index contributed by atoms with van der Waals surface area (Å²) in [7, 11) is 0. The molecule has 88 valence electrons. The second kappa shape index (κ2) is 4.10. The van der Waals surface area contributed by atoms with Crippen LogP contribution in [0.5, 0.6) is 0 Å². The topological polar surface area (TPSA) is 97.5 Å². The highest BCUT2D eigenvalue weighted by Gasteiger charge is 2.25. The molecule has 2 bridgehead atoms. The Morgan fingerprint density at radius 3 is 2.71 bits per heavy atom. The highest BCUT2D eigenvalue weighted by atomic mass is 16.4. The van der Waals surface area contributed by atoms with Crippen LogP contribution >= 0.6 is 0 Å². The maximum Gasteiger partial charge on any atom is 0.320 e. The molecule has 0 saturated carbocycles.